The Kier molecular flexibility index (Phi) is 59.3. The van der Waals surface area contributed by atoms with E-state index < -0.39 is 20.0 Å². The standard InChI is InChI=1S/C73H129N2O7P/c1-7-10-13-16-19-22-25-27-29-31-33-35-36-37-38-40-42-44-46-48-51-54-57-60-63-66-73(77)82-71(64-61-58-55-52-49-24-21-18-15-12-9-3)70(69-81-83(78,79)80-68-67-75(4,5)6)74-72(76)65-62-59-56-53-50-47-45-43-41-39-34-32-30-28-26-23-20-17-14-11-8-2/h19-20,22-23,27-30,33-35,37-39,43,45,61,64,70-71H,7-18,21,24-26,31-32,36,40-42,44,46-60,62-63,65-69H2,1-6H3,(H-,74,76,78,79)/p+1/b22-19-,23-20-,29-27-,30-28-,35-33-,38-37-,39-34-,45-43-,64-61+. The van der Waals surface area contributed by atoms with Crippen LogP contribution < -0.4 is 5.32 Å². The van der Waals surface area contributed by atoms with E-state index in [0.29, 0.717) is 17.4 Å². The van der Waals surface area contributed by atoms with E-state index in [1.807, 2.05) is 33.3 Å². The first-order chi connectivity index (χ1) is 40.4. The summed E-state index contributed by atoms with van der Waals surface area (Å²) in [4.78, 5) is 37.8. The Labute approximate surface area is 512 Å². The first-order valence-electron chi connectivity index (χ1n) is 34.2. The molecule has 2 N–H and O–H groups in total. The summed E-state index contributed by atoms with van der Waals surface area (Å²) in [6.45, 7) is 6.94. The number of unbranched alkanes of at least 4 members (excludes halogenated alkanes) is 29. The lowest BCUT2D eigenvalue weighted by Gasteiger charge is -2.27. The molecular weight excluding hydrogens is 1050 g/mol. The van der Waals surface area contributed by atoms with Gasteiger partial charge in [-0.25, -0.2) is 4.57 Å². The van der Waals surface area contributed by atoms with Crippen molar-refractivity contribution in [3.05, 3.63) is 109 Å². The van der Waals surface area contributed by atoms with Crippen molar-refractivity contribution < 1.29 is 37.3 Å². The average Bonchev–Trinajstić information content (AvgIpc) is 3.51. The molecule has 9 nitrogen and oxygen atoms in total. The highest BCUT2D eigenvalue weighted by Gasteiger charge is 2.30. The second kappa shape index (κ2) is 61.7. The van der Waals surface area contributed by atoms with Crippen molar-refractivity contribution >= 4 is 19.7 Å². The van der Waals surface area contributed by atoms with Crippen molar-refractivity contribution in [2.24, 2.45) is 0 Å². The number of allylic oxidation sites excluding steroid dienone is 17. The van der Waals surface area contributed by atoms with Crippen LogP contribution in [0.5, 0.6) is 0 Å². The minimum atomic E-state index is -4.47. The van der Waals surface area contributed by atoms with Crippen LogP contribution in [0.15, 0.2) is 109 Å². The molecule has 0 aromatic heterocycles. The molecule has 0 spiro atoms. The number of carbonyl (C=O) groups excluding carboxylic acids is 2. The van der Waals surface area contributed by atoms with Gasteiger partial charge in [0.25, 0.3) is 0 Å². The predicted octanol–water partition coefficient (Wildman–Crippen LogP) is 21.7. The van der Waals surface area contributed by atoms with Gasteiger partial charge in [-0.05, 0) is 122 Å². The number of phosphoric acid groups is 1. The summed E-state index contributed by atoms with van der Waals surface area (Å²) in [6, 6.07) is -0.868. The zero-order valence-corrected chi connectivity index (χ0v) is 55.6. The fraction of sp³-hybridized carbons (Fsp3) is 0.726. The van der Waals surface area contributed by atoms with Crippen LogP contribution in [-0.2, 0) is 27.9 Å². The van der Waals surface area contributed by atoms with Crippen LogP contribution in [0, 0.1) is 0 Å². The summed E-state index contributed by atoms with van der Waals surface area (Å²) in [7, 11) is 1.47. The topological polar surface area (TPSA) is 111 Å². The highest BCUT2D eigenvalue weighted by atomic mass is 31.2. The van der Waals surface area contributed by atoms with E-state index in [1.165, 1.54) is 128 Å². The Morgan fingerprint density at radius 3 is 1.12 bits per heavy atom. The van der Waals surface area contributed by atoms with Gasteiger partial charge in [0.1, 0.15) is 19.3 Å². The van der Waals surface area contributed by atoms with Crippen LogP contribution in [0.3, 0.4) is 0 Å². The van der Waals surface area contributed by atoms with Crippen LogP contribution in [0.2, 0.25) is 0 Å². The van der Waals surface area contributed by atoms with Gasteiger partial charge in [0.05, 0.1) is 33.8 Å². The number of rotatable bonds is 61. The second-order valence-corrected chi connectivity index (χ2v) is 25.4. The monoisotopic (exact) mass is 1180 g/mol. The van der Waals surface area contributed by atoms with E-state index in [4.69, 9.17) is 13.8 Å². The maximum Gasteiger partial charge on any atom is 0.472 e. The van der Waals surface area contributed by atoms with Gasteiger partial charge < -0.3 is 19.4 Å². The quantitative estimate of drug-likeness (QED) is 0.0205. The number of hydrogen-bond acceptors (Lipinski definition) is 6. The third kappa shape index (κ3) is 63.0. The molecule has 0 radical (unpaired) electrons. The first-order valence-corrected chi connectivity index (χ1v) is 35.7. The maximum absolute atomic E-state index is 13.6. The number of hydrogen-bond donors (Lipinski definition) is 2. The number of quaternary nitrogens is 1. The Balaban J connectivity index is 5.15. The van der Waals surface area contributed by atoms with Crippen LogP contribution in [0.25, 0.3) is 0 Å². The van der Waals surface area contributed by atoms with Gasteiger partial charge in [0, 0.05) is 12.8 Å². The van der Waals surface area contributed by atoms with Crippen molar-refractivity contribution in [1.82, 2.24) is 5.32 Å². The van der Waals surface area contributed by atoms with Crippen molar-refractivity contribution in [3.8, 4) is 0 Å². The molecule has 0 fully saturated rings. The van der Waals surface area contributed by atoms with E-state index in [-0.39, 0.29) is 31.5 Å². The predicted molar refractivity (Wildman–Crippen MR) is 360 cm³/mol. The number of ether oxygens (including phenoxy) is 1. The lowest BCUT2D eigenvalue weighted by Crippen LogP contribution is -2.47. The van der Waals surface area contributed by atoms with E-state index in [0.717, 1.165) is 128 Å². The van der Waals surface area contributed by atoms with Crippen LogP contribution >= 0.6 is 7.82 Å². The minimum Gasteiger partial charge on any atom is -0.456 e. The molecule has 0 aromatic rings. The Hall–Kier alpha value is -3.33. The lowest BCUT2D eigenvalue weighted by atomic mass is 10.1. The van der Waals surface area contributed by atoms with Crippen molar-refractivity contribution in [1.29, 1.82) is 0 Å². The van der Waals surface area contributed by atoms with Crippen LogP contribution in [0.4, 0.5) is 0 Å². The number of nitrogens with one attached hydrogen (secondary N) is 1. The molecule has 0 rings (SSSR count). The molecule has 0 aliphatic rings. The van der Waals surface area contributed by atoms with E-state index in [9.17, 15) is 19.0 Å². The molecule has 0 aliphatic heterocycles. The van der Waals surface area contributed by atoms with Crippen LogP contribution in [0.1, 0.15) is 290 Å². The number of phosphoric ester groups is 1. The lowest BCUT2D eigenvalue weighted by molar-refractivity contribution is -0.870. The Morgan fingerprint density at radius 2 is 0.735 bits per heavy atom. The van der Waals surface area contributed by atoms with Gasteiger partial charge in [-0.2, -0.15) is 0 Å². The van der Waals surface area contributed by atoms with Crippen molar-refractivity contribution in [2.75, 3.05) is 40.9 Å². The van der Waals surface area contributed by atoms with Gasteiger partial charge in [-0.3, -0.25) is 18.6 Å². The summed E-state index contributed by atoms with van der Waals surface area (Å²) < 4.78 is 30.8. The molecule has 0 bridgehead atoms. The smallest absolute Gasteiger partial charge is 0.456 e. The van der Waals surface area contributed by atoms with E-state index in [1.54, 1.807) is 0 Å². The maximum atomic E-state index is 13.6. The zero-order valence-electron chi connectivity index (χ0n) is 54.7. The number of carbonyl (C=O) groups is 2. The molecule has 3 unspecified atom stereocenters. The number of likely N-dealkylation sites (N-methyl/N-ethyl adjacent to an activating group) is 1. The van der Waals surface area contributed by atoms with E-state index >= 15 is 0 Å². The van der Waals surface area contributed by atoms with E-state index in [2.05, 4.69) is 123 Å². The fourth-order valence-corrected chi connectivity index (χ4v) is 10.1. The average molecular weight is 1180 g/mol. The molecule has 0 aromatic carbocycles. The summed E-state index contributed by atoms with van der Waals surface area (Å²) in [6.07, 6.45) is 85.2. The van der Waals surface area contributed by atoms with Gasteiger partial charge in [-0.1, -0.05) is 265 Å². The van der Waals surface area contributed by atoms with Crippen molar-refractivity contribution in [2.45, 2.75) is 303 Å². The van der Waals surface area contributed by atoms with Gasteiger partial charge in [0.2, 0.25) is 5.91 Å². The zero-order chi connectivity index (χ0) is 60.7. The second-order valence-electron chi connectivity index (χ2n) is 24.0. The highest BCUT2D eigenvalue weighted by molar-refractivity contribution is 7.47. The van der Waals surface area contributed by atoms with Gasteiger partial charge in [0.15, 0.2) is 0 Å². The number of esters is 1. The first kappa shape index (κ1) is 79.7. The molecule has 10 heteroatoms. The van der Waals surface area contributed by atoms with Crippen LogP contribution in [-0.4, -0.2) is 74.3 Å². The molecule has 478 valence electrons. The molecule has 0 saturated carbocycles. The van der Waals surface area contributed by atoms with Crippen molar-refractivity contribution in [3.63, 3.8) is 0 Å². The molecule has 0 saturated heterocycles. The third-order valence-corrected chi connectivity index (χ3v) is 15.7. The number of amides is 1. The normalized spacial score (nSPS) is 14.3. The summed E-state index contributed by atoms with van der Waals surface area (Å²) in [5.74, 6) is -0.535. The minimum absolute atomic E-state index is 0.0300. The molecule has 0 heterocycles. The summed E-state index contributed by atoms with van der Waals surface area (Å²) >= 11 is 0. The molecule has 1 amide bonds. The Morgan fingerprint density at radius 1 is 0.422 bits per heavy atom. The highest BCUT2D eigenvalue weighted by Crippen LogP contribution is 2.43. The van der Waals surface area contributed by atoms with Gasteiger partial charge >= 0.3 is 13.8 Å². The largest absolute Gasteiger partial charge is 0.472 e. The molecule has 0 aliphatic carbocycles. The summed E-state index contributed by atoms with van der Waals surface area (Å²) in [5.41, 5.74) is 0. The van der Waals surface area contributed by atoms with Gasteiger partial charge in [-0.15, -0.1) is 0 Å². The Bertz CT molecular complexity index is 1790. The molecular formula is C73H130N2O7P+. The fourth-order valence-electron chi connectivity index (χ4n) is 9.38. The third-order valence-electron chi connectivity index (χ3n) is 14.7. The summed E-state index contributed by atoms with van der Waals surface area (Å²) in [5, 5.41) is 3.05. The SMILES string of the molecule is CCCCC/C=C\C/C=C\C/C=C\C/C=C\CCCCCCCCCCCC(=O)OC(/C=C/CCCCCCCCCCC)C(COP(=O)(O)OCC[N+](C)(C)C)NC(=O)CCCCCCC/C=C\C/C=C\C/C=C\C/C=C\CCCCC. The molecule has 83 heavy (non-hydrogen) atoms. The number of nitrogens with zero attached hydrogens (tertiary/aromatic N) is 1. The molecule has 3 atom stereocenters.